The summed E-state index contributed by atoms with van der Waals surface area (Å²) >= 11 is 0. The summed E-state index contributed by atoms with van der Waals surface area (Å²) in [7, 11) is 0. The van der Waals surface area contributed by atoms with Gasteiger partial charge in [0, 0.05) is 17.7 Å². The number of nitrogens with zero attached hydrogens (tertiary/aromatic N) is 2. The molecule has 1 aliphatic carbocycles. The van der Waals surface area contributed by atoms with Crippen LogP contribution in [0.5, 0.6) is 5.75 Å². The van der Waals surface area contributed by atoms with E-state index in [4.69, 9.17) is 10.1 Å². The number of aliphatic carboxylic acids is 1. The van der Waals surface area contributed by atoms with Gasteiger partial charge in [-0.15, -0.1) is 13.2 Å². The van der Waals surface area contributed by atoms with Crippen LogP contribution in [0.4, 0.5) is 13.2 Å². The predicted octanol–water partition coefficient (Wildman–Crippen LogP) is 6.90. The third kappa shape index (κ3) is 7.60. The number of carboxylic acid groups (broad SMARTS) is 1. The average Bonchev–Trinajstić information content (AvgIpc) is 3.21. The molecule has 0 unspecified atom stereocenters. The van der Waals surface area contributed by atoms with Crippen molar-refractivity contribution in [3.63, 3.8) is 0 Å². The van der Waals surface area contributed by atoms with Gasteiger partial charge >= 0.3 is 12.3 Å². The Kier molecular flexibility index (Phi) is 9.75. The monoisotopic (exact) mass is 615 g/mol. The molecule has 1 saturated carbocycles. The van der Waals surface area contributed by atoms with Crippen LogP contribution in [0.2, 0.25) is 0 Å². The minimum Gasteiger partial charge on any atom is -0.481 e. The summed E-state index contributed by atoms with van der Waals surface area (Å²) in [6.45, 7) is 8.68. The smallest absolute Gasteiger partial charge is 0.481 e. The van der Waals surface area contributed by atoms with Crippen molar-refractivity contribution in [1.29, 1.82) is 0 Å². The molecule has 238 valence electrons. The zero-order valence-electron chi connectivity index (χ0n) is 25.5. The molecule has 0 radical (unpaired) electrons. The van der Waals surface area contributed by atoms with Crippen molar-refractivity contribution in [3.8, 4) is 5.75 Å². The van der Waals surface area contributed by atoms with E-state index in [2.05, 4.69) is 30.8 Å². The normalized spacial score (nSPS) is 21.2. The second kappa shape index (κ2) is 13.0. The zero-order valence-corrected chi connectivity index (χ0v) is 25.5. The second-order valence-corrected chi connectivity index (χ2v) is 12.7. The summed E-state index contributed by atoms with van der Waals surface area (Å²) < 4.78 is 42.2. The van der Waals surface area contributed by atoms with Gasteiger partial charge in [0.15, 0.2) is 0 Å². The highest BCUT2D eigenvalue weighted by Crippen LogP contribution is 2.50. The molecule has 8 nitrogen and oxygen atoms in total. The predicted molar refractivity (Wildman–Crippen MR) is 159 cm³/mol. The van der Waals surface area contributed by atoms with Crippen LogP contribution in [0.1, 0.15) is 100 Å². The first-order chi connectivity index (χ1) is 20.6. The number of rotatable bonds is 10. The van der Waals surface area contributed by atoms with Crippen LogP contribution in [-0.4, -0.2) is 52.1 Å². The van der Waals surface area contributed by atoms with Gasteiger partial charge in [-0.25, -0.2) is 0 Å². The molecular formula is C33H40F3N3O5. The van der Waals surface area contributed by atoms with Gasteiger partial charge in [0.05, 0.1) is 12.5 Å². The Morgan fingerprint density at radius 2 is 1.68 bits per heavy atom. The van der Waals surface area contributed by atoms with Gasteiger partial charge in [-0.1, -0.05) is 46.2 Å². The van der Waals surface area contributed by atoms with Crippen molar-refractivity contribution in [2.24, 2.45) is 16.3 Å². The van der Waals surface area contributed by atoms with Gasteiger partial charge in [0.1, 0.15) is 17.1 Å². The SMILES string of the molecule is CCC[C@H](c1ccc(C(=O)NCCC(=O)O)cc1)N1C(=O)C(c2ccc(OC(F)(F)F)cc2)=NC12CCC(C(C)(C)C)CC2. The summed E-state index contributed by atoms with van der Waals surface area (Å²) in [5.74, 6) is -1.59. The lowest BCUT2D eigenvalue weighted by Gasteiger charge is -2.47. The van der Waals surface area contributed by atoms with E-state index >= 15 is 0 Å². The molecule has 0 bridgehead atoms. The first-order valence-corrected chi connectivity index (χ1v) is 15.0. The highest BCUT2D eigenvalue weighted by Gasteiger charge is 2.52. The van der Waals surface area contributed by atoms with Crippen molar-refractivity contribution >= 4 is 23.5 Å². The maximum Gasteiger partial charge on any atom is 0.573 e. The van der Waals surface area contributed by atoms with Crippen LogP contribution < -0.4 is 10.1 Å². The van der Waals surface area contributed by atoms with Gasteiger partial charge < -0.3 is 20.1 Å². The molecular weight excluding hydrogens is 575 g/mol. The van der Waals surface area contributed by atoms with Crippen molar-refractivity contribution in [1.82, 2.24) is 10.2 Å². The molecule has 0 aromatic heterocycles. The van der Waals surface area contributed by atoms with E-state index < -0.39 is 18.0 Å². The van der Waals surface area contributed by atoms with Gasteiger partial charge in [0.2, 0.25) is 0 Å². The molecule has 1 heterocycles. The number of carbonyl (C=O) groups excluding carboxylic acids is 2. The van der Waals surface area contributed by atoms with Crippen LogP contribution in [0.3, 0.4) is 0 Å². The Morgan fingerprint density at radius 1 is 1.07 bits per heavy atom. The maximum absolute atomic E-state index is 14.3. The zero-order chi connectivity index (χ0) is 32.3. The number of carbonyl (C=O) groups is 3. The molecule has 2 amide bonds. The van der Waals surface area contributed by atoms with Gasteiger partial charge in [-0.3, -0.25) is 19.4 Å². The van der Waals surface area contributed by atoms with E-state index in [1.54, 1.807) is 12.1 Å². The van der Waals surface area contributed by atoms with E-state index in [0.717, 1.165) is 24.8 Å². The molecule has 2 aromatic carbocycles. The van der Waals surface area contributed by atoms with Gasteiger partial charge in [-0.05, 0) is 85.4 Å². The van der Waals surface area contributed by atoms with E-state index in [9.17, 15) is 27.6 Å². The number of ether oxygens (including phenoxy) is 1. The van der Waals surface area contributed by atoms with Crippen LogP contribution >= 0.6 is 0 Å². The molecule has 2 aliphatic rings. The number of amides is 2. The number of hydrogen-bond donors (Lipinski definition) is 2. The summed E-state index contributed by atoms with van der Waals surface area (Å²) in [4.78, 5) is 44.5. The molecule has 2 aromatic rings. The van der Waals surface area contributed by atoms with E-state index in [-0.39, 0.29) is 47.7 Å². The lowest BCUT2D eigenvalue weighted by molar-refractivity contribution is -0.274. The molecule has 44 heavy (non-hydrogen) atoms. The molecule has 1 fully saturated rings. The molecule has 11 heteroatoms. The van der Waals surface area contributed by atoms with Crippen LogP contribution in [0, 0.1) is 11.3 Å². The number of alkyl halides is 3. The van der Waals surface area contributed by atoms with E-state index in [0.29, 0.717) is 36.3 Å². The number of aliphatic imine (C=N–C) groups is 1. The van der Waals surface area contributed by atoms with Crippen LogP contribution in [-0.2, 0) is 9.59 Å². The average molecular weight is 616 g/mol. The second-order valence-electron chi connectivity index (χ2n) is 12.7. The topological polar surface area (TPSA) is 108 Å². The van der Waals surface area contributed by atoms with E-state index in [1.807, 2.05) is 24.0 Å². The Labute approximate surface area is 255 Å². The van der Waals surface area contributed by atoms with Crippen LogP contribution in [0.25, 0.3) is 0 Å². The minimum absolute atomic E-state index is 0.0121. The first-order valence-electron chi connectivity index (χ1n) is 15.0. The number of halogens is 3. The van der Waals surface area contributed by atoms with Crippen molar-refractivity contribution in [2.45, 2.75) is 90.7 Å². The third-order valence-corrected chi connectivity index (χ3v) is 8.62. The lowest BCUT2D eigenvalue weighted by atomic mass is 9.69. The Balaban J connectivity index is 1.67. The summed E-state index contributed by atoms with van der Waals surface area (Å²) in [5.41, 5.74) is 1.15. The number of nitrogens with one attached hydrogen (secondary N) is 1. The maximum atomic E-state index is 14.3. The number of hydrogen-bond acceptors (Lipinski definition) is 5. The molecule has 4 rings (SSSR count). The van der Waals surface area contributed by atoms with Crippen LogP contribution in [0.15, 0.2) is 53.5 Å². The number of benzene rings is 2. The molecule has 1 spiro atoms. The number of carboxylic acids is 1. The largest absolute Gasteiger partial charge is 0.573 e. The third-order valence-electron chi connectivity index (χ3n) is 8.62. The lowest BCUT2D eigenvalue weighted by Crippen LogP contribution is -2.51. The quantitative estimate of drug-likeness (QED) is 0.303. The molecule has 1 aliphatic heterocycles. The Bertz CT molecular complexity index is 1370. The molecule has 2 N–H and O–H groups in total. The van der Waals surface area contributed by atoms with Gasteiger partial charge in [-0.2, -0.15) is 0 Å². The van der Waals surface area contributed by atoms with Gasteiger partial charge in [0.25, 0.3) is 11.8 Å². The highest BCUT2D eigenvalue weighted by molar-refractivity contribution is 6.46. The first kappa shape index (κ1) is 33.0. The molecule has 0 saturated heterocycles. The van der Waals surface area contributed by atoms with Crippen molar-refractivity contribution in [3.05, 3.63) is 65.2 Å². The van der Waals surface area contributed by atoms with Crippen molar-refractivity contribution < 1.29 is 37.4 Å². The van der Waals surface area contributed by atoms with Crippen molar-refractivity contribution in [2.75, 3.05) is 6.54 Å². The Hall–Kier alpha value is -3.89. The fraction of sp³-hybridized carbons (Fsp3) is 0.515. The van der Waals surface area contributed by atoms with E-state index in [1.165, 1.54) is 24.3 Å². The highest BCUT2D eigenvalue weighted by atomic mass is 19.4. The summed E-state index contributed by atoms with van der Waals surface area (Å²) in [5, 5.41) is 11.4. The summed E-state index contributed by atoms with van der Waals surface area (Å²) in [6, 6.07) is 11.9. The fourth-order valence-corrected chi connectivity index (χ4v) is 6.31. The minimum atomic E-state index is -4.82. The molecule has 1 atom stereocenters. The Morgan fingerprint density at radius 3 is 2.20 bits per heavy atom. The standard InChI is InChI=1S/C33H40F3N3O5/c1-5-6-26(21-7-9-23(10-8-21)29(42)37-20-17-27(40)41)39-30(43)28(22-11-13-25(14-12-22)44-33(34,35)36)38-32(39)18-15-24(16-19-32)31(2,3)4/h7-14,24,26H,5-6,15-20H2,1-4H3,(H,37,42)(H,40,41)/t24?,26-,32?/m1/s1. The fourth-order valence-electron chi connectivity index (χ4n) is 6.31. The summed E-state index contributed by atoms with van der Waals surface area (Å²) in [6.07, 6.45) is -0.539.